The third kappa shape index (κ3) is 1.92. The van der Waals surface area contributed by atoms with Crippen molar-refractivity contribution in [3.63, 3.8) is 0 Å². The van der Waals surface area contributed by atoms with Crippen LogP contribution in [0.2, 0.25) is 5.02 Å². The molecule has 0 unspecified atom stereocenters. The second kappa shape index (κ2) is 3.66. The first-order valence-corrected chi connectivity index (χ1v) is 3.60. The van der Waals surface area contributed by atoms with Gasteiger partial charge in [-0.2, -0.15) is 0 Å². The Hall–Kier alpha value is -1.23. The molecule has 0 aliphatic rings. The fourth-order valence-corrected chi connectivity index (χ4v) is 1.11. The number of H-pyrrole nitrogens is 1. The number of rotatable bonds is 2. The number of carbonyl (C=O) groups is 1. The van der Waals surface area contributed by atoms with E-state index >= 15 is 0 Å². The molecule has 0 radical (unpaired) electrons. The highest BCUT2D eigenvalue weighted by molar-refractivity contribution is 6.31. The monoisotopic (exact) mass is 207 g/mol. The molecule has 13 heavy (non-hydrogen) atoms. The summed E-state index contributed by atoms with van der Waals surface area (Å²) < 4.78 is 24.3. The van der Waals surface area contributed by atoms with Gasteiger partial charge in [0, 0.05) is 0 Å². The average Bonchev–Trinajstić information content (AvgIpc) is 2.02. The SMILES string of the molecule is O=Cc1cc(Cl)c(C(F)F)c(=O)[nH]1. The first-order chi connectivity index (χ1) is 6.06. The maximum Gasteiger partial charge on any atom is 0.270 e. The van der Waals surface area contributed by atoms with Crippen molar-refractivity contribution in [3.8, 4) is 0 Å². The molecule has 0 saturated heterocycles. The Balaban J connectivity index is 3.40. The van der Waals surface area contributed by atoms with Gasteiger partial charge in [-0.3, -0.25) is 9.59 Å². The summed E-state index contributed by atoms with van der Waals surface area (Å²) in [7, 11) is 0. The van der Waals surface area contributed by atoms with Crippen molar-refractivity contribution in [2.75, 3.05) is 0 Å². The normalized spacial score (nSPS) is 10.5. The van der Waals surface area contributed by atoms with Gasteiger partial charge in [-0.05, 0) is 6.07 Å². The lowest BCUT2D eigenvalue weighted by Crippen LogP contribution is -2.15. The van der Waals surface area contributed by atoms with Crippen LogP contribution in [0.25, 0.3) is 0 Å². The minimum absolute atomic E-state index is 0.126. The van der Waals surface area contributed by atoms with Gasteiger partial charge in [-0.1, -0.05) is 11.6 Å². The van der Waals surface area contributed by atoms with Gasteiger partial charge in [-0.15, -0.1) is 0 Å². The van der Waals surface area contributed by atoms with Crippen molar-refractivity contribution in [1.82, 2.24) is 4.98 Å². The summed E-state index contributed by atoms with van der Waals surface area (Å²) in [5.41, 5.74) is -1.98. The van der Waals surface area contributed by atoms with Gasteiger partial charge in [0.15, 0.2) is 6.29 Å². The number of hydrogen-bond donors (Lipinski definition) is 1. The molecule has 0 saturated carbocycles. The van der Waals surface area contributed by atoms with E-state index in [1.54, 1.807) is 0 Å². The third-order valence-corrected chi connectivity index (χ3v) is 1.70. The standard InChI is InChI=1S/C7H4ClF2NO2/c8-4-1-3(2-12)11-7(13)5(4)6(9)10/h1-2,6H,(H,11,13). The van der Waals surface area contributed by atoms with Crippen molar-refractivity contribution < 1.29 is 13.6 Å². The summed E-state index contributed by atoms with van der Waals surface area (Å²) in [6.07, 6.45) is -2.63. The predicted octanol–water partition coefficient (Wildman–Crippen LogP) is 1.78. The van der Waals surface area contributed by atoms with Gasteiger partial charge in [0.05, 0.1) is 10.7 Å². The molecule has 0 spiro atoms. The largest absolute Gasteiger partial charge is 0.319 e. The Labute approximate surface area is 76.3 Å². The number of aromatic amines is 1. The molecular formula is C7H4ClF2NO2. The molecule has 1 N–H and O–H groups in total. The summed E-state index contributed by atoms with van der Waals surface area (Å²) in [4.78, 5) is 23.0. The second-order valence-electron chi connectivity index (χ2n) is 2.23. The topological polar surface area (TPSA) is 49.9 Å². The molecule has 0 amide bonds. The quantitative estimate of drug-likeness (QED) is 0.752. The van der Waals surface area contributed by atoms with Crippen LogP contribution >= 0.6 is 11.6 Å². The summed E-state index contributed by atoms with van der Waals surface area (Å²) in [5, 5.41) is -0.402. The molecule has 6 heteroatoms. The number of pyridine rings is 1. The fraction of sp³-hybridized carbons (Fsp3) is 0.143. The van der Waals surface area contributed by atoms with Crippen LogP contribution in [-0.4, -0.2) is 11.3 Å². The van der Waals surface area contributed by atoms with Crippen LogP contribution in [0.3, 0.4) is 0 Å². The van der Waals surface area contributed by atoms with E-state index in [0.29, 0.717) is 6.29 Å². The number of halogens is 3. The predicted molar refractivity (Wildman–Crippen MR) is 42.4 cm³/mol. The molecule has 0 aromatic carbocycles. The lowest BCUT2D eigenvalue weighted by Gasteiger charge is -2.01. The molecule has 3 nitrogen and oxygen atoms in total. The lowest BCUT2D eigenvalue weighted by molar-refractivity contribution is 0.111. The number of aromatic nitrogens is 1. The van der Waals surface area contributed by atoms with E-state index in [2.05, 4.69) is 0 Å². The molecule has 0 atom stereocenters. The number of carbonyl (C=O) groups excluding carboxylic acids is 1. The highest BCUT2D eigenvalue weighted by Crippen LogP contribution is 2.22. The van der Waals surface area contributed by atoms with Crippen LogP contribution in [-0.2, 0) is 0 Å². The highest BCUT2D eigenvalue weighted by Gasteiger charge is 2.17. The van der Waals surface area contributed by atoms with Gasteiger partial charge >= 0.3 is 0 Å². The van der Waals surface area contributed by atoms with Crippen LogP contribution < -0.4 is 5.56 Å². The van der Waals surface area contributed by atoms with Gasteiger partial charge < -0.3 is 4.98 Å². The van der Waals surface area contributed by atoms with Gasteiger partial charge in [0.1, 0.15) is 5.56 Å². The van der Waals surface area contributed by atoms with Crippen molar-refractivity contribution in [2.45, 2.75) is 6.43 Å². The first kappa shape index (κ1) is 9.85. The number of hydrogen-bond acceptors (Lipinski definition) is 2. The molecule has 1 heterocycles. The zero-order valence-electron chi connectivity index (χ0n) is 6.18. The third-order valence-electron chi connectivity index (χ3n) is 1.39. The van der Waals surface area contributed by atoms with E-state index in [1.807, 2.05) is 4.98 Å². The maximum absolute atomic E-state index is 12.1. The minimum Gasteiger partial charge on any atom is -0.319 e. The zero-order chi connectivity index (χ0) is 10.0. The summed E-state index contributed by atoms with van der Waals surface area (Å²) >= 11 is 5.35. The van der Waals surface area contributed by atoms with Gasteiger partial charge in [-0.25, -0.2) is 8.78 Å². The molecule has 0 aliphatic carbocycles. The minimum atomic E-state index is -2.95. The molecule has 0 aliphatic heterocycles. The van der Waals surface area contributed by atoms with Crippen LogP contribution in [0.5, 0.6) is 0 Å². The number of nitrogens with one attached hydrogen (secondary N) is 1. The van der Waals surface area contributed by atoms with Crippen LogP contribution in [0.15, 0.2) is 10.9 Å². The Morgan fingerprint density at radius 3 is 2.54 bits per heavy atom. The summed E-state index contributed by atoms with van der Waals surface area (Å²) in [6.45, 7) is 0. The van der Waals surface area contributed by atoms with Crippen molar-refractivity contribution in [2.24, 2.45) is 0 Å². The fourth-order valence-electron chi connectivity index (χ4n) is 0.824. The van der Waals surface area contributed by atoms with E-state index in [-0.39, 0.29) is 5.69 Å². The molecule has 70 valence electrons. The highest BCUT2D eigenvalue weighted by atomic mass is 35.5. The summed E-state index contributed by atoms with van der Waals surface area (Å²) in [5.74, 6) is 0. The molecule has 1 aromatic rings. The Morgan fingerprint density at radius 1 is 1.54 bits per heavy atom. The molecule has 0 bridgehead atoms. The van der Waals surface area contributed by atoms with Crippen molar-refractivity contribution >= 4 is 17.9 Å². The smallest absolute Gasteiger partial charge is 0.270 e. The van der Waals surface area contributed by atoms with Gasteiger partial charge in [0.25, 0.3) is 12.0 Å². The van der Waals surface area contributed by atoms with Crippen LogP contribution in [0.1, 0.15) is 22.5 Å². The number of alkyl halides is 2. The first-order valence-electron chi connectivity index (χ1n) is 3.22. The number of aldehydes is 1. The Kier molecular flexibility index (Phi) is 2.77. The Bertz CT molecular complexity index is 389. The van der Waals surface area contributed by atoms with E-state index in [9.17, 15) is 18.4 Å². The van der Waals surface area contributed by atoms with E-state index in [4.69, 9.17) is 11.6 Å². The average molecular weight is 208 g/mol. The van der Waals surface area contributed by atoms with E-state index < -0.39 is 22.6 Å². The van der Waals surface area contributed by atoms with E-state index in [1.165, 1.54) is 0 Å². The van der Waals surface area contributed by atoms with E-state index in [0.717, 1.165) is 6.07 Å². The van der Waals surface area contributed by atoms with Crippen molar-refractivity contribution in [3.05, 3.63) is 32.7 Å². The van der Waals surface area contributed by atoms with Crippen LogP contribution in [0, 0.1) is 0 Å². The molecular weight excluding hydrogens is 204 g/mol. The zero-order valence-corrected chi connectivity index (χ0v) is 6.94. The second-order valence-corrected chi connectivity index (χ2v) is 2.64. The van der Waals surface area contributed by atoms with Crippen molar-refractivity contribution in [1.29, 1.82) is 0 Å². The molecule has 1 rings (SSSR count). The Morgan fingerprint density at radius 2 is 2.15 bits per heavy atom. The molecule has 0 fully saturated rings. The molecule has 1 aromatic heterocycles. The van der Waals surface area contributed by atoms with Crippen LogP contribution in [0.4, 0.5) is 8.78 Å². The maximum atomic E-state index is 12.1. The van der Waals surface area contributed by atoms with Gasteiger partial charge in [0.2, 0.25) is 0 Å². The lowest BCUT2D eigenvalue weighted by atomic mass is 10.2. The summed E-state index contributed by atoms with van der Waals surface area (Å²) in [6, 6.07) is 0.984.